The van der Waals surface area contributed by atoms with E-state index in [0.29, 0.717) is 0 Å². The Kier molecular flexibility index (Phi) is 4.03. The van der Waals surface area contributed by atoms with E-state index in [9.17, 15) is 0 Å². The molecule has 0 atom stereocenters. The van der Waals surface area contributed by atoms with E-state index in [2.05, 4.69) is 110 Å². The maximum absolute atomic E-state index is 4.93. The molecular weight excluding hydrogens is 390 g/mol. The predicted molar refractivity (Wildman–Crippen MR) is 134 cm³/mol. The Morgan fingerprint density at radius 3 is 2.03 bits per heavy atom. The Hall–Kier alpha value is -3.85. The van der Waals surface area contributed by atoms with Crippen molar-refractivity contribution in [3.05, 3.63) is 102 Å². The van der Waals surface area contributed by atoms with Crippen molar-refractivity contribution in [3.63, 3.8) is 0 Å². The average molecular weight is 416 g/mol. The van der Waals surface area contributed by atoms with Crippen LogP contribution in [0, 0.1) is 27.7 Å². The summed E-state index contributed by atoms with van der Waals surface area (Å²) < 4.78 is 4.48. The molecule has 0 radical (unpaired) electrons. The fourth-order valence-electron chi connectivity index (χ4n) is 5.34. The largest absolute Gasteiger partial charge is 0.318 e. The van der Waals surface area contributed by atoms with Crippen molar-refractivity contribution < 1.29 is 0 Å². The molecule has 6 aromatic rings. The van der Waals surface area contributed by atoms with Crippen LogP contribution in [0.1, 0.15) is 22.5 Å². The second-order valence-corrected chi connectivity index (χ2v) is 8.75. The molecule has 0 aliphatic heterocycles. The summed E-state index contributed by atoms with van der Waals surface area (Å²) in [6.45, 7) is 8.70. The SMILES string of the molecule is Cc1cccc(C)c1-c1cnn2c3cccc(-n4c(C)ccc4C)c3c3ccccc3c12. The predicted octanol–water partition coefficient (Wildman–Crippen LogP) is 7.33. The van der Waals surface area contributed by atoms with Crippen molar-refractivity contribution in [1.82, 2.24) is 14.2 Å². The van der Waals surface area contributed by atoms with E-state index < -0.39 is 0 Å². The van der Waals surface area contributed by atoms with Crippen LogP contribution in [0.4, 0.5) is 0 Å². The van der Waals surface area contributed by atoms with Crippen LogP contribution in [-0.4, -0.2) is 14.2 Å². The molecule has 3 nitrogen and oxygen atoms in total. The highest BCUT2D eigenvalue weighted by Gasteiger charge is 2.19. The Balaban J connectivity index is 1.84. The molecule has 32 heavy (non-hydrogen) atoms. The highest BCUT2D eigenvalue weighted by atomic mass is 15.2. The number of hydrogen-bond donors (Lipinski definition) is 0. The second-order valence-electron chi connectivity index (χ2n) is 8.75. The summed E-state index contributed by atoms with van der Waals surface area (Å²) in [5, 5.41) is 8.64. The molecule has 0 amide bonds. The molecule has 0 aliphatic rings. The number of benzene rings is 3. The normalized spacial score (nSPS) is 11.8. The van der Waals surface area contributed by atoms with Crippen LogP contribution in [0.5, 0.6) is 0 Å². The maximum Gasteiger partial charge on any atom is 0.0826 e. The maximum atomic E-state index is 4.93. The van der Waals surface area contributed by atoms with Gasteiger partial charge < -0.3 is 4.57 Å². The lowest BCUT2D eigenvalue weighted by molar-refractivity contribution is 0.969. The van der Waals surface area contributed by atoms with Gasteiger partial charge in [0.15, 0.2) is 0 Å². The minimum Gasteiger partial charge on any atom is -0.318 e. The van der Waals surface area contributed by atoms with E-state index in [-0.39, 0.29) is 0 Å². The summed E-state index contributed by atoms with van der Waals surface area (Å²) in [6.07, 6.45) is 2.04. The minimum absolute atomic E-state index is 1.13. The van der Waals surface area contributed by atoms with Crippen LogP contribution < -0.4 is 0 Å². The zero-order valence-electron chi connectivity index (χ0n) is 18.8. The summed E-state index contributed by atoms with van der Waals surface area (Å²) in [5.74, 6) is 0. The number of hydrogen-bond acceptors (Lipinski definition) is 1. The van der Waals surface area contributed by atoms with Gasteiger partial charge >= 0.3 is 0 Å². The Labute approximate surface area is 187 Å². The van der Waals surface area contributed by atoms with Crippen molar-refractivity contribution in [2.45, 2.75) is 27.7 Å². The van der Waals surface area contributed by atoms with Gasteiger partial charge in [-0.25, -0.2) is 4.52 Å². The fraction of sp³-hybridized carbons (Fsp3) is 0.138. The van der Waals surface area contributed by atoms with Crippen molar-refractivity contribution in [2.24, 2.45) is 0 Å². The third-order valence-corrected chi connectivity index (χ3v) is 6.73. The van der Waals surface area contributed by atoms with E-state index in [1.165, 1.54) is 61.0 Å². The van der Waals surface area contributed by atoms with Crippen LogP contribution in [0.25, 0.3) is 44.0 Å². The number of pyridine rings is 1. The lowest BCUT2D eigenvalue weighted by Crippen LogP contribution is -2.02. The van der Waals surface area contributed by atoms with Crippen molar-refractivity contribution in [1.29, 1.82) is 0 Å². The van der Waals surface area contributed by atoms with Gasteiger partial charge in [0.1, 0.15) is 0 Å². The molecule has 3 aromatic carbocycles. The number of aromatic nitrogens is 3. The molecule has 0 saturated carbocycles. The first-order chi connectivity index (χ1) is 15.6. The van der Waals surface area contributed by atoms with Gasteiger partial charge in [-0.15, -0.1) is 0 Å². The van der Waals surface area contributed by atoms with Gasteiger partial charge in [0.25, 0.3) is 0 Å². The van der Waals surface area contributed by atoms with E-state index in [1.54, 1.807) is 0 Å². The lowest BCUT2D eigenvalue weighted by atomic mass is 9.94. The summed E-state index contributed by atoms with van der Waals surface area (Å²) in [4.78, 5) is 0. The Morgan fingerprint density at radius 2 is 1.31 bits per heavy atom. The summed E-state index contributed by atoms with van der Waals surface area (Å²) >= 11 is 0. The topological polar surface area (TPSA) is 22.2 Å². The Morgan fingerprint density at radius 1 is 0.656 bits per heavy atom. The van der Waals surface area contributed by atoms with Crippen LogP contribution in [-0.2, 0) is 0 Å². The van der Waals surface area contributed by atoms with Crippen molar-refractivity contribution >= 4 is 27.2 Å². The monoisotopic (exact) mass is 415 g/mol. The quantitative estimate of drug-likeness (QED) is 0.271. The molecule has 156 valence electrons. The first kappa shape index (κ1) is 18.9. The summed E-state index contributed by atoms with van der Waals surface area (Å²) in [7, 11) is 0. The summed E-state index contributed by atoms with van der Waals surface area (Å²) in [5.41, 5.74) is 11.0. The van der Waals surface area contributed by atoms with Gasteiger partial charge in [-0.1, -0.05) is 48.5 Å². The number of nitrogens with zero attached hydrogens (tertiary/aromatic N) is 3. The molecule has 0 unspecified atom stereocenters. The average Bonchev–Trinajstić information content (AvgIpc) is 3.37. The third-order valence-electron chi connectivity index (χ3n) is 6.73. The van der Waals surface area contributed by atoms with Crippen LogP contribution >= 0.6 is 0 Å². The highest BCUT2D eigenvalue weighted by molar-refractivity contribution is 6.18. The van der Waals surface area contributed by atoms with Gasteiger partial charge in [0.05, 0.1) is 22.9 Å². The number of rotatable bonds is 2. The standard InChI is InChI=1S/C29H25N3/c1-18-9-7-10-19(2)27(18)24-17-30-32-26-14-8-13-25(31-20(3)15-16-21(31)4)28(26)22-11-5-6-12-23(22)29(24)32/h5-17H,1-4H3. The summed E-state index contributed by atoms with van der Waals surface area (Å²) in [6, 6.07) is 26.2. The lowest BCUT2D eigenvalue weighted by Gasteiger charge is -2.17. The minimum atomic E-state index is 1.13. The highest BCUT2D eigenvalue weighted by Crippen LogP contribution is 2.39. The van der Waals surface area contributed by atoms with Crippen LogP contribution in [0.3, 0.4) is 0 Å². The molecule has 0 aliphatic carbocycles. The molecule has 3 aromatic heterocycles. The number of aryl methyl sites for hydroxylation is 4. The number of fused-ring (bicyclic) bond motifs is 6. The van der Waals surface area contributed by atoms with Crippen LogP contribution in [0.15, 0.2) is 79.0 Å². The van der Waals surface area contributed by atoms with E-state index in [4.69, 9.17) is 5.10 Å². The molecule has 0 N–H and O–H groups in total. The van der Waals surface area contributed by atoms with Gasteiger partial charge in [0, 0.05) is 27.7 Å². The van der Waals surface area contributed by atoms with E-state index in [0.717, 1.165) is 5.52 Å². The van der Waals surface area contributed by atoms with Crippen LogP contribution in [0.2, 0.25) is 0 Å². The molecular formula is C29H25N3. The van der Waals surface area contributed by atoms with E-state index in [1.807, 2.05) is 6.20 Å². The van der Waals surface area contributed by atoms with Gasteiger partial charge in [-0.3, -0.25) is 0 Å². The van der Waals surface area contributed by atoms with Gasteiger partial charge in [0.2, 0.25) is 0 Å². The zero-order chi connectivity index (χ0) is 22.0. The molecule has 0 spiro atoms. The van der Waals surface area contributed by atoms with Gasteiger partial charge in [-0.05, 0) is 74.0 Å². The zero-order valence-corrected chi connectivity index (χ0v) is 18.8. The molecule has 3 heterocycles. The molecule has 0 bridgehead atoms. The van der Waals surface area contributed by atoms with Crippen molar-refractivity contribution in [3.8, 4) is 16.8 Å². The third kappa shape index (κ3) is 2.51. The molecule has 0 saturated heterocycles. The first-order valence-electron chi connectivity index (χ1n) is 11.1. The molecule has 6 rings (SSSR count). The molecule has 3 heteroatoms. The first-order valence-corrected chi connectivity index (χ1v) is 11.1. The van der Waals surface area contributed by atoms with Gasteiger partial charge in [-0.2, -0.15) is 5.10 Å². The molecule has 0 fully saturated rings. The van der Waals surface area contributed by atoms with Crippen molar-refractivity contribution in [2.75, 3.05) is 0 Å². The Bertz CT molecular complexity index is 1620. The fourth-order valence-corrected chi connectivity index (χ4v) is 5.34. The smallest absolute Gasteiger partial charge is 0.0826 e. The van der Waals surface area contributed by atoms with E-state index >= 15 is 0 Å². The second kappa shape index (κ2) is 6.83.